The summed E-state index contributed by atoms with van der Waals surface area (Å²) in [6.45, 7) is 2.54. The lowest BCUT2D eigenvalue weighted by Crippen LogP contribution is -2.25. The average Bonchev–Trinajstić information content (AvgIpc) is 2.28. The van der Waals surface area contributed by atoms with Gasteiger partial charge in [-0.2, -0.15) is 0 Å². The molecule has 0 amide bonds. The maximum absolute atomic E-state index is 11.7. The fraction of sp³-hybridized carbons (Fsp3) is 0.308. The van der Waals surface area contributed by atoms with Crippen LogP contribution in [0.4, 0.5) is 0 Å². The zero-order valence-corrected chi connectivity index (χ0v) is 11.0. The monoisotopic (exact) mass is 266 g/mol. The highest BCUT2D eigenvalue weighted by Crippen LogP contribution is 2.19. The first kappa shape index (κ1) is 14.4. The quantitative estimate of drug-likeness (QED) is 0.616. The second-order valence-electron chi connectivity index (χ2n) is 3.70. The molecule has 0 saturated carbocycles. The molecule has 0 fully saturated rings. The standard InChI is InChI=1S/C13H14O4S/c1-9(14)17-13(16)12(18-10(2)15)8-11-6-4-3-5-7-11/h3-7,12H,8H2,1-2H3/t12-/m0/s1. The van der Waals surface area contributed by atoms with Gasteiger partial charge < -0.3 is 4.74 Å². The van der Waals surface area contributed by atoms with Crippen molar-refractivity contribution in [3.63, 3.8) is 0 Å². The first-order chi connectivity index (χ1) is 8.49. The summed E-state index contributed by atoms with van der Waals surface area (Å²) in [6.07, 6.45) is 0.358. The minimum atomic E-state index is -0.686. The van der Waals surface area contributed by atoms with Crippen LogP contribution in [0.15, 0.2) is 30.3 Å². The predicted molar refractivity (Wildman–Crippen MR) is 69.0 cm³/mol. The molecule has 4 nitrogen and oxygen atoms in total. The van der Waals surface area contributed by atoms with Crippen LogP contribution in [0.5, 0.6) is 0 Å². The van der Waals surface area contributed by atoms with Crippen molar-refractivity contribution in [2.24, 2.45) is 0 Å². The Morgan fingerprint density at radius 1 is 1.17 bits per heavy atom. The van der Waals surface area contributed by atoms with Crippen LogP contribution in [0.25, 0.3) is 0 Å². The van der Waals surface area contributed by atoms with E-state index in [1.54, 1.807) is 0 Å². The van der Waals surface area contributed by atoms with Gasteiger partial charge in [0.25, 0.3) is 0 Å². The molecule has 0 saturated heterocycles. The molecule has 0 bridgehead atoms. The molecular formula is C13H14O4S. The molecular weight excluding hydrogens is 252 g/mol. The van der Waals surface area contributed by atoms with Gasteiger partial charge in [0.1, 0.15) is 5.25 Å². The van der Waals surface area contributed by atoms with Crippen LogP contribution in [0.3, 0.4) is 0 Å². The highest BCUT2D eigenvalue weighted by Gasteiger charge is 2.24. The number of benzene rings is 1. The first-order valence-electron chi connectivity index (χ1n) is 5.42. The number of hydrogen-bond acceptors (Lipinski definition) is 5. The molecule has 1 rings (SSSR count). The second kappa shape index (κ2) is 6.96. The van der Waals surface area contributed by atoms with Crippen LogP contribution in [0.1, 0.15) is 19.4 Å². The number of thioether (sulfide) groups is 1. The summed E-state index contributed by atoms with van der Waals surface area (Å²) >= 11 is 0.879. The molecule has 0 aliphatic carbocycles. The smallest absolute Gasteiger partial charge is 0.327 e. The highest BCUT2D eigenvalue weighted by atomic mass is 32.2. The average molecular weight is 266 g/mol. The Bertz CT molecular complexity index is 442. The van der Waals surface area contributed by atoms with E-state index in [4.69, 9.17) is 0 Å². The third-order valence-corrected chi connectivity index (χ3v) is 3.05. The summed E-state index contributed by atoms with van der Waals surface area (Å²) in [5.41, 5.74) is 0.914. The van der Waals surface area contributed by atoms with Crippen LogP contribution in [-0.4, -0.2) is 22.3 Å². The third-order valence-electron chi connectivity index (χ3n) is 2.08. The Morgan fingerprint density at radius 2 is 1.78 bits per heavy atom. The lowest BCUT2D eigenvalue weighted by atomic mass is 10.1. The number of carbonyl (C=O) groups is 3. The van der Waals surface area contributed by atoms with Crippen LogP contribution in [0, 0.1) is 0 Å². The number of rotatable bonds is 4. The van der Waals surface area contributed by atoms with Gasteiger partial charge in [-0.3, -0.25) is 14.4 Å². The van der Waals surface area contributed by atoms with Crippen molar-refractivity contribution >= 4 is 28.8 Å². The Labute approximate surface area is 110 Å². The van der Waals surface area contributed by atoms with E-state index >= 15 is 0 Å². The Kier molecular flexibility index (Phi) is 5.58. The molecule has 0 aromatic heterocycles. The molecule has 0 spiro atoms. The predicted octanol–water partition coefficient (Wildman–Crippen LogP) is 1.97. The summed E-state index contributed by atoms with van der Waals surface area (Å²) in [7, 11) is 0. The van der Waals surface area contributed by atoms with Gasteiger partial charge in [0, 0.05) is 13.8 Å². The van der Waals surface area contributed by atoms with Gasteiger partial charge in [0.2, 0.25) is 0 Å². The van der Waals surface area contributed by atoms with Crippen LogP contribution >= 0.6 is 11.8 Å². The first-order valence-corrected chi connectivity index (χ1v) is 6.30. The molecule has 5 heteroatoms. The molecule has 18 heavy (non-hydrogen) atoms. The van der Waals surface area contributed by atoms with Gasteiger partial charge >= 0.3 is 11.9 Å². The van der Waals surface area contributed by atoms with Crippen molar-refractivity contribution < 1.29 is 19.1 Å². The van der Waals surface area contributed by atoms with Crippen LogP contribution in [0.2, 0.25) is 0 Å². The van der Waals surface area contributed by atoms with Gasteiger partial charge in [-0.25, -0.2) is 0 Å². The summed E-state index contributed by atoms with van der Waals surface area (Å²) in [5.74, 6) is -1.34. The topological polar surface area (TPSA) is 60.4 Å². The van der Waals surface area contributed by atoms with Crippen molar-refractivity contribution in [2.45, 2.75) is 25.5 Å². The van der Waals surface area contributed by atoms with Crippen LogP contribution < -0.4 is 0 Å². The van der Waals surface area contributed by atoms with E-state index < -0.39 is 17.2 Å². The summed E-state index contributed by atoms with van der Waals surface area (Å²) < 4.78 is 4.53. The molecule has 1 aromatic rings. The van der Waals surface area contributed by atoms with E-state index in [-0.39, 0.29) is 5.12 Å². The van der Waals surface area contributed by atoms with Crippen molar-refractivity contribution in [1.29, 1.82) is 0 Å². The van der Waals surface area contributed by atoms with Crippen molar-refractivity contribution in [1.82, 2.24) is 0 Å². The van der Waals surface area contributed by atoms with Crippen molar-refractivity contribution in [3.8, 4) is 0 Å². The summed E-state index contributed by atoms with van der Waals surface area (Å²) in [6, 6.07) is 9.27. The van der Waals surface area contributed by atoms with Gasteiger partial charge in [0.15, 0.2) is 5.12 Å². The molecule has 0 heterocycles. The van der Waals surface area contributed by atoms with Gasteiger partial charge in [0.05, 0.1) is 0 Å². The fourth-order valence-electron chi connectivity index (χ4n) is 1.41. The molecule has 96 valence electrons. The van der Waals surface area contributed by atoms with Gasteiger partial charge in [-0.15, -0.1) is 0 Å². The summed E-state index contributed by atoms with van der Waals surface area (Å²) in [5, 5.41) is -0.870. The number of esters is 2. The fourth-order valence-corrected chi connectivity index (χ4v) is 2.23. The maximum Gasteiger partial charge on any atom is 0.327 e. The van der Waals surface area contributed by atoms with Crippen molar-refractivity contribution in [3.05, 3.63) is 35.9 Å². The summed E-state index contributed by atoms with van der Waals surface area (Å²) in [4.78, 5) is 33.5. The van der Waals surface area contributed by atoms with E-state index in [9.17, 15) is 14.4 Å². The molecule has 0 radical (unpaired) electrons. The van der Waals surface area contributed by atoms with Crippen molar-refractivity contribution in [2.75, 3.05) is 0 Å². The lowest BCUT2D eigenvalue weighted by molar-refractivity contribution is -0.157. The number of hydrogen-bond donors (Lipinski definition) is 0. The second-order valence-corrected chi connectivity index (χ2v) is 5.08. The molecule has 0 aliphatic heterocycles. The molecule has 0 aliphatic rings. The van der Waals surface area contributed by atoms with Crippen LogP contribution in [-0.2, 0) is 25.5 Å². The SMILES string of the molecule is CC(=O)OC(=O)[C@H](Cc1ccccc1)SC(C)=O. The lowest BCUT2D eigenvalue weighted by Gasteiger charge is -2.12. The highest BCUT2D eigenvalue weighted by molar-refractivity contribution is 8.14. The zero-order chi connectivity index (χ0) is 13.5. The normalized spacial score (nSPS) is 11.7. The molecule has 1 aromatic carbocycles. The van der Waals surface area contributed by atoms with E-state index in [0.717, 1.165) is 24.2 Å². The largest absolute Gasteiger partial charge is 0.393 e. The van der Waals surface area contributed by atoms with Gasteiger partial charge in [-0.1, -0.05) is 42.1 Å². The number of carbonyl (C=O) groups excluding carboxylic acids is 3. The molecule has 0 N–H and O–H groups in total. The molecule has 0 unspecified atom stereocenters. The zero-order valence-electron chi connectivity index (χ0n) is 10.2. The van der Waals surface area contributed by atoms with E-state index in [0.29, 0.717) is 6.42 Å². The van der Waals surface area contributed by atoms with E-state index in [1.807, 2.05) is 30.3 Å². The minimum Gasteiger partial charge on any atom is -0.393 e. The minimum absolute atomic E-state index is 0.184. The number of ether oxygens (including phenoxy) is 1. The molecule has 1 atom stereocenters. The maximum atomic E-state index is 11.7. The van der Waals surface area contributed by atoms with E-state index in [2.05, 4.69) is 4.74 Å². The Morgan fingerprint density at radius 3 is 2.28 bits per heavy atom. The van der Waals surface area contributed by atoms with Gasteiger partial charge in [-0.05, 0) is 12.0 Å². The van der Waals surface area contributed by atoms with E-state index in [1.165, 1.54) is 6.92 Å². The Hall–Kier alpha value is -1.62. The third kappa shape index (κ3) is 5.14. The Balaban J connectivity index is 2.75.